The molecule has 2 aromatic rings. The lowest BCUT2D eigenvalue weighted by atomic mass is 9.91. The number of amides is 1. The minimum Gasteiger partial charge on any atom is -0.373 e. The molecule has 1 amide bonds. The second kappa shape index (κ2) is 10.6. The van der Waals surface area contributed by atoms with Crippen molar-refractivity contribution in [3.63, 3.8) is 0 Å². The summed E-state index contributed by atoms with van der Waals surface area (Å²) in [5.41, 5.74) is 4.68. The summed E-state index contributed by atoms with van der Waals surface area (Å²) in [6, 6.07) is 15.1. The summed E-state index contributed by atoms with van der Waals surface area (Å²) in [4.78, 5) is 16.2. The van der Waals surface area contributed by atoms with E-state index in [0.29, 0.717) is 5.92 Å². The highest BCUT2D eigenvalue weighted by Crippen LogP contribution is 2.30. The summed E-state index contributed by atoms with van der Waals surface area (Å²) in [7, 11) is 3.97. The molecule has 0 bridgehead atoms. The zero-order valence-electron chi connectivity index (χ0n) is 19.3. The number of piperidine rings is 1. The molecule has 1 unspecified atom stereocenters. The van der Waals surface area contributed by atoms with Crippen LogP contribution in [0.1, 0.15) is 37.2 Å². The largest absolute Gasteiger partial charge is 0.373 e. The number of hydrogen-bond donors (Lipinski definition) is 2. The zero-order chi connectivity index (χ0) is 22.3. The van der Waals surface area contributed by atoms with Crippen LogP contribution in [0.15, 0.2) is 54.9 Å². The maximum Gasteiger partial charge on any atom is 0.225 e. The van der Waals surface area contributed by atoms with Crippen molar-refractivity contribution in [1.82, 2.24) is 20.4 Å². The molecule has 0 spiro atoms. The van der Waals surface area contributed by atoms with Crippen LogP contribution in [0.3, 0.4) is 0 Å². The molecule has 1 aromatic heterocycles. The van der Waals surface area contributed by atoms with Gasteiger partial charge in [0.1, 0.15) is 0 Å². The first kappa shape index (κ1) is 22.3. The van der Waals surface area contributed by atoms with Gasteiger partial charge in [-0.3, -0.25) is 9.89 Å². The van der Waals surface area contributed by atoms with Gasteiger partial charge in [0.2, 0.25) is 5.91 Å². The average molecular weight is 434 g/mol. The van der Waals surface area contributed by atoms with Crippen LogP contribution in [0.5, 0.6) is 0 Å². The Bertz CT molecular complexity index is 943. The highest BCUT2D eigenvalue weighted by molar-refractivity contribution is 5.80. The molecule has 1 aliphatic heterocycles. The molecule has 6 nitrogen and oxygen atoms in total. The van der Waals surface area contributed by atoms with Crippen molar-refractivity contribution < 1.29 is 4.79 Å². The van der Waals surface area contributed by atoms with E-state index in [-0.39, 0.29) is 11.8 Å². The van der Waals surface area contributed by atoms with E-state index in [9.17, 15) is 4.79 Å². The normalized spacial score (nSPS) is 18.0. The predicted octanol–water partition coefficient (Wildman–Crippen LogP) is 3.97. The first-order valence-electron chi connectivity index (χ1n) is 11.8. The van der Waals surface area contributed by atoms with Gasteiger partial charge in [-0.05, 0) is 61.4 Å². The monoisotopic (exact) mass is 433 g/mol. The van der Waals surface area contributed by atoms with Gasteiger partial charge >= 0.3 is 0 Å². The zero-order valence-corrected chi connectivity index (χ0v) is 19.3. The molecule has 1 saturated carbocycles. The van der Waals surface area contributed by atoms with Gasteiger partial charge in [0.05, 0.1) is 6.20 Å². The van der Waals surface area contributed by atoms with E-state index in [2.05, 4.69) is 63.9 Å². The van der Waals surface area contributed by atoms with Gasteiger partial charge < -0.3 is 15.1 Å². The molecule has 0 radical (unpaired) electrons. The van der Waals surface area contributed by atoms with Gasteiger partial charge in [-0.25, -0.2) is 0 Å². The second-order valence-corrected chi connectivity index (χ2v) is 9.06. The molecular formula is C26H35N5O. The van der Waals surface area contributed by atoms with E-state index in [1.807, 2.05) is 30.4 Å². The number of hydrogen-bond acceptors (Lipinski definition) is 4. The molecule has 2 heterocycles. The highest BCUT2D eigenvalue weighted by atomic mass is 16.2. The van der Waals surface area contributed by atoms with Crippen LogP contribution in [-0.4, -0.2) is 61.3 Å². The van der Waals surface area contributed by atoms with Crippen LogP contribution >= 0.6 is 0 Å². The van der Waals surface area contributed by atoms with Gasteiger partial charge in [-0.1, -0.05) is 30.3 Å². The summed E-state index contributed by atoms with van der Waals surface area (Å²) < 4.78 is 0. The summed E-state index contributed by atoms with van der Waals surface area (Å²) >= 11 is 0. The Morgan fingerprint density at radius 2 is 1.78 bits per heavy atom. The summed E-state index contributed by atoms with van der Waals surface area (Å²) in [5, 5.41) is 10.8. The maximum atomic E-state index is 12.2. The molecule has 170 valence electrons. The van der Waals surface area contributed by atoms with Crippen LogP contribution in [0.25, 0.3) is 11.1 Å². The third-order valence-corrected chi connectivity index (χ3v) is 6.57. The Balaban J connectivity index is 1.46. The van der Waals surface area contributed by atoms with Crippen molar-refractivity contribution in [2.45, 2.75) is 31.6 Å². The van der Waals surface area contributed by atoms with Gasteiger partial charge in [-0.2, -0.15) is 5.10 Å². The SMILES string of the molecule is CN(CCN(C)c1cc[nH]ncc(-c2ccc(C3CCCNC3)cc2)cc1)C(=O)C1CC1. The number of nitrogens with zero attached hydrogens (tertiary/aromatic N) is 3. The molecule has 1 aliphatic carbocycles. The van der Waals surface area contributed by atoms with Gasteiger partial charge in [0.25, 0.3) is 0 Å². The first-order valence-corrected chi connectivity index (χ1v) is 11.8. The third kappa shape index (κ3) is 5.88. The maximum absolute atomic E-state index is 12.2. The van der Waals surface area contributed by atoms with Crippen LogP contribution in [0.2, 0.25) is 0 Å². The van der Waals surface area contributed by atoms with Crippen molar-refractivity contribution >= 4 is 11.6 Å². The number of carbonyl (C=O) groups is 1. The summed E-state index contributed by atoms with van der Waals surface area (Å²) in [5.74, 6) is 1.15. The van der Waals surface area contributed by atoms with Gasteiger partial charge in [-0.15, -0.1) is 0 Å². The highest BCUT2D eigenvalue weighted by Gasteiger charge is 2.31. The summed E-state index contributed by atoms with van der Waals surface area (Å²) in [6.07, 6.45) is 8.30. The van der Waals surface area contributed by atoms with Crippen molar-refractivity contribution in [1.29, 1.82) is 0 Å². The first-order chi connectivity index (χ1) is 15.6. The molecule has 2 fully saturated rings. The lowest BCUT2D eigenvalue weighted by Crippen LogP contribution is -2.35. The molecule has 4 rings (SSSR count). The Morgan fingerprint density at radius 3 is 2.50 bits per heavy atom. The van der Waals surface area contributed by atoms with E-state index in [1.165, 1.54) is 18.4 Å². The fraction of sp³-hybridized carbons (Fsp3) is 0.462. The van der Waals surface area contributed by atoms with Crippen LogP contribution in [-0.2, 0) is 4.79 Å². The van der Waals surface area contributed by atoms with E-state index in [1.54, 1.807) is 0 Å². The third-order valence-electron chi connectivity index (χ3n) is 6.57. The fourth-order valence-corrected chi connectivity index (χ4v) is 4.24. The number of aromatic nitrogens is 2. The summed E-state index contributed by atoms with van der Waals surface area (Å²) in [6.45, 7) is 3.70. The number of H-pyrrole nitrogens is 1. The number of aromatic amines is 1. The number of carbonyl (C=O) groups excluding carboxylic acids is 1. The second-order valence-electron chi connectivity index (χ2n) is 9.06. The number of nitrogens with one attached hydrogen (secondary N) is 2. The number of anilines is 1. The molecule has 1 saturated heterocycles. The Kier molecular flexibility index (Phi) is 7.43. The van der Waals surface area contributed by atoms with E-state index in [4.69, 9.17) is 0 Å². The smallest absolute Gasteiger partial charge is 0.225 e. The average Bonchev–Trinajstić information content (AvgIpc) is 3.66. The van der Waals surface area contributed by atoms with E-state index >= 15 is 0 Å². The number of rotatable bonds is 7. The van der Waals surface area contributed by atoms with E-state index in [0.717, 1.165) is 55.8 Å². The lowest BCUT2D eigenvalue weighted by Gasteiger charge is -2.23. The van der Waals surface area contributed by atoms with Crippen molar-refractivity contribution in [3.05, 3.63) is 60.4 Å². The van der Waals surface area contributed by atoms with Crippen LogP contribution < -0.4 is 10.2 Å². The minimum atomic E-state index is 0.266. The number of benzene rings is 1. The van der Waals surface area contributed by atoms with Crippen molar-refractivity contribution in [2.75, 3.05) is 45.2 Å². The van der Waals surface area contributed by atoms with Gasteiger partial charge in [0.15, 0.2) is 0 Å². The Hall–Kier alpha value is -2.86. The molecule has 2 N–H and O–H groups in total. The van der Waals surface area contributed by atoms with Crippen molar-refractivity contribution in [3.8, 4) is 11.1 Å². The molecule has 1 atom stereocenters. The van der Waals surface area contributed by atoms with Crippen LogP contribution in [0.4, 0.5) is 5.69 Å². The predicted molar refractivity (Wildman–Crippen MR) is 130 cm³/mol. The van der Waals surface area contributed by atoms with E-state index < -0.39 is 0 Å². The molecule has 6 heteroatoms. The number of likely N-dealkylation sites (N-methyl/N-ethyl adjacent to an activating group) is 2. The Labute approximate surface area is 191 Å². The minimum absolute atomic E-state index is 0.266. The lowest BCUT2D eigenvalue weighted by molar-refractivity contribution is -0.131. The fourth-order valence-electron chi connectivity index (χ4n) is 4.24. The molecule has 2 aliphatic rings. The molecular weight excluding hydrogens is 398 g/mol. The molecule has 32 heavy (non-hydrogen) atoms. The van der Waals surface area contributed by atoms with Crippen molar-refractivity contribution in [2.24, 2.45) is 5.92 Å². The van der Waals surface area contributed by atoms with Gasteiger partial charge in [0, 0.05) is 57.1 Å². The topological polar surface area (TPSA) is 64.3 Å². The Morgan fingerprint density at radius 1 is 1.00 bits per heavy atom. The molecule has 1 aromatic carbocycles. The quantitative estimate of drug-likeness (QED) is 0.693. The standard InChI is InChI=1S/C26H35N5O/c1-30(16-17-31(2)26(32)22-9-10-22)25-12-11-24(19-29-28-15-13-25)21-7-5-20(6-8-21)23-4-3-14-27-18-23/h5-8,11-13,15,19,22-23,27-28H,3-4,9-10,14,16-18H2,1-2H3. The van der Waals surface area contributed by atoms with Crippen LogP contribution in [0, 0.1) is 5.92 Å².